The Balaban J connectivity index is 1.81. The van der Waals surface area contributed by atoms with Crippen molar-refractivity contribution in [1.82, 2.24) is 4.98 Å². The van der Waals surface area contributed by atoms with Crippen molar-refractivity contribution >= 4 is 29.2 Å². The van der Waals surface area contributed by atoms with E-state index in [1.165, 1.54) is 30.3 Å². The minimum Gasteiger partial charge on any atom is -0.446 e. The van der Waals surface area contributed by atoms with Gasteiger partial charge >= 0.3 is 12.1 Å². The zero-order valence-electron chi connectivity index (χ0n) is 16.3. The van der Waals surface area contributed by atoms with E-state index >= 15 is 0 Å². The fourth-order valence-corrected chi connectivity index (χ4v) is 3.59. The lowest BCUT2D eigenvalue weighted by Gasteiger charge is -2.21. The van der Waals surface area contributed by atoms with Crippen LogP contribution in [0.25, 0.3) is 0 Å². The van der Waals surface area contributed by atoms with E-state index in [9.17, 15) is 22.4 Å². The number of carbonyl (C=O) groups excluding carboxylic acids is 1. The minimum absolute atomic E-state index is 0.0759. The topological polar surface area (TPSA) is 48.4 Å². The molecule has 0 saturated heterocycles. The van der Waals surface area contributed by atoms with Crippen LogP contribution in [-0.2, 0) is 9.53 Å². The molecule has 0 radical (unpaired) electrons. The number of hydrogen-bond acceptors (Lipinski definition) is 4. The van der Waals surface area contributed by atoms with Gasteiger partial charge in [-0.15, -0.1) is 0 Å². The first-order valence-electron chi connectivity index (χ1n) is 9.10. The van der Waals surface area contributed by atoms with Gasteiger partial charge in [-0.05, 0) is 47.7 Å². The number of carbonyl (C=O) groups is 1. The van der Waals surface area contributed by atoms with Gasteiger partial charge in [-0.1, -0.05) is 43.1 Å². The summed E-state index contributed by atoms with van der Waals surface area (Å²) in [5.41, 5.74) is -1.20. The van der Waals surface area contributed by atoms with Crippen molar-refractivity contribution < 1.29 is 31.8 Å². The Bertz CT molecular complexity index is 989. The summed E-state index contributed by atoms with van der Waals surface area (Å²) < 4.78 is 64.2. The smallest absolute Gasteiger partial charge is 0.431 e. The number of nitrogens with zero attached hydrogens (tertiary/aromatic N) is 1. The Kier molecular flexibility index (Phi) is 6.53. The van der Waals surface area contributed by atoms with Crippen LogP contribution in [0.3, 0.4) is 0 Å². The predicted molar refractivity (Wildman–Crippen MR) is 106 cm³/mol. The SMILES string of the molecule is CC1(C)C(C=C(Cl)Cl)C1C(=O)OC(c1cccc(Oc2ccc(F)cc2)n1)C(F)(F)F. The molecule has 10 heteroatoms. The summed E-state index contributed by atoms with van der Waals surface area (Å²) >= 11 is 11.3. The Morgan fingerprint density at radius 3 is 2.39 bits per heavy atom. The molecule has 1 aliphatic carbocycles. The van der Waals surface area contributed by atoms with Crippen molar-refractivity contribution in [2.24, 2.45) is 17.3 Å². The van der Waals surface area contributed by atoms with Gasteiger partial charge in [-0.25, -0.2) is 9.37 Å². The van der Waals surface area contributed by atoms with Gasteiger partial charge in [0.25, 0.3) is 0 Å². The highest BCUT2D eigenvalue weighted by molar-refractivity contribution is 6.55. The molecule has 1 saturated carbocycles. The van der Waals surface area contributed by atoms with Crippen LogP contribution in [0.4, 0.5) is 17.6 Å². The van der Waals surface area contributed by atoms with Gasteiger partial charge in [-0.2, -0.15) is 13.2 Å². The second-order valence-corrected chi connectivity index (χ2v) is 8.60. The van der Waals surface area contributed by atoms with Crippen molar-refractivity contribution in [1.29, 1.82) is 0 Å². The molecule has 1 aliphatic rings. The van der Waals surface area contributed by atoms with E-state index in [1.54, 1.807) is 13.8 Å². The van der Waals surface area contributed by atoms with Crippen molar-refractivity contribution in [2.75, 3.05) is 0 Å². The van der Waals surface area contributed by atoms with E-state index < -0.39 is 47.0 Å². The molecule has 3 unspecified atom stereocenters. The van der Waals surface area contributed by atoms with Crippen LogP contribution in [0.15, 0.2) is 53.0 Å². The van der Waals surface area contributed by atoms with Crippen molar-refractivity contribution in [3.05, 3.63) is 64.5 Å². The van der Waals surface area contributed by atoms with Gasteiger partial charge in [-0.3, -0.25) is 4.79 Å². The summed E-state index contributed by atoms with van der Waals surface area (Å²) in [7, 11) is 0. The third-order valence-corrected chi connectivity index (χ3v) is 5.30. The molecule has 1 aromatic carbocycles. The Morgan fingerprint density at radius 2 is 1.81 bits per heavy atom. The fourth-order valence-electron chi connectivity index (χ4n) is 3.32. The maximum Gasteiger partial charge on any atom is 0.431 e. The van der Waals surface area contributed by atoms with E-state index in [4.69, 9.17) is 32.7 Å². The van der Waals surface area contributed by atoms with E-state index in [0.717, 1.165) is 18.2 Å². The van der Waals surface area contributed by atoms with E-state index in [2.05, 4.69) is 4.98 Å². The standard InChI is InChI=1S/C21H17Cl2F4NO3/c1-20(2)13(10-15(22)23)17(20)19(29)31-18(21(25,26)27)14-4-3-5-16(28-14)30-12-8-6-11(24)7-9-12/h3-10,13,17-18H,1-2H3. The second kappa shape index (κ2) is 8.67. The first-order valence-corrected chi connectivity index (χ1v) is 9.85. The molecule has 3 atom stereocenters. The molecule has 0 aliphatic heterocycles. The van der Waals surface area contributed by atoms with Gasteiger partial charge in [0.15, 0.2) is 0 Å². The van der Waals surface area contributed by atoms with Gasteiger partial charge in [0.2, 0.25) is 12.0 Å². The zero-order chi connectivity index (χ0) is 23.0. The second-order valence-electron chi connectivity index (χ2n) is 7.60. The summed E-state index contributed by atoms with van der Waals surface area (Å²) in [4.78, 5) is 16.3. The summed E-state index contributed by atoms with van der Waals surface area (Å²) in [6, 6.07) is 8.56. The maximum absolute atomic E-state index is 13.7. The molecule has 31 heavy (non-hydrogen) atoms. The molecule has 0 amide bonds. The van der Waals surface area contributed by atoms with Crippen LogP contribution in [0, 0.1) is 23.1 Å². The molecule has 0 N–H and O–H groups in total. The molecule has 0 bridgehead atoms. The van der Waals surface area contributed by atoms with Gasteiger partial charge < -0.3 is 9.47 Å². The predicted octanol–water partition coefficient (Wildman–Crippen LogP) is 6.75. The monoisotopic (exact) mass is 477 g/mol. The molecule has 0 spiro atoms. The summed E-state index contributed by atoms with van der Waals surface area (Å²) in [5, 5.41) is 0. The molecule has 3 rings (SSSR count). The van der Waals surface area contributed by atoms with Crippen molar-refractivity contribution in [3.63, 3.8) is 0 Å². The molecule has 1 heterocycles. The summed E-state index contributed by atoms with van der Waals surface area (Å²) in [5.74, 6) is -2.79. The lowest BCUT2D eigenvalue weighted by Crippen LogP contribution is -2.28. The zero-order valence-corrected chi connectivity index (χ0v) is 17.8. The molecule has 1 fully saturated rings. The quantitative estimate of drug-likeness (QED) is 0.341. The number of alkyl halides is 3. The molecular formula is C21H17Cl2F4NO3. The Morgan fingerprint density at radius 1 is 1.16 bits per heavy atom. The van der Waals surface area contributed by atoms with E-state index in [-0.39, 0.29) is 16.1 Å². The highest BCUT2D eigenvalue weighted by Gasteiger charge is 2.62. The van der Waals surface area contributed by atoms with E-state index in [1.807, 2.05) is 0 Å². The average Bonchev–Trinajstić information content (AvgIpc) is 3.20. The average molecular weight is 478 g/mol. The third kappa shape index (κ3) is 5.49. The Hall–Kier alpha value is -2.32. The fraction of sp³-hybridized carbons (Fsp3) is 0.333. The maximum atomic E-state index is 13.7. The molecular weight excluding hydrogens is 461 g/mol. The van der Waals surface area contributed by atoms with Gasteiger partial charge in [0.1, 0.15) is 16.1 Å². The molecule has 4 nitrogen and oxygen atoms in total. The van der Waals surface area contributed by atoms with E-state index in [0.29, 0.717) is 0 Å². The van der Waals surface area contributed by atoms with Crippen LogP contribution in [0.5, 0.6) is 11.6 Å². The highest BCUT2D eigenvalue weighted by atomic mass is 35.5. The summed E-state index contributed by atoms with van der Waals surface area (Å²) in [6.45, 7) is 3.41. The van der Waals surface area contributed by atoms with Crippen molar-refractivity contribution in [3.8, 4) is 11.6 Å². The highest BCUT2D eigenvalue weighted by Crippen LogP contribution is 2.60. The number of ether oxygens (including phenoxy) is 2. The number of allylic oxidation sites excluding steroid dienone is 1. The molecule has 2 aromatic rings. The first-order chi connectivity index (χ1) is 14.4. The number of hydrogen-bond donors (Lipinski definition) is 0. The number of benzene rings is 1. The number of esters is 1. The first kappa shape index (κ1) is 23.3. The number of rotatable bonds is 6. The van der Waals surface area contributed by atoms with Crippen LogP contribution < -0.4 is 4.74 Å². The lowest BCUT2D eigenvalue weighted by molar-refractivity contribution is -0.226. The summed E-state index contributed by atoms with van der Waals surface area (Å²) in [6.07, 6.45) is -6.09. The number of aromatic nitrogens is 1. The van der Waals surface area contributed by atoms with Crippen molar-refractivity contribution in [2.45, 2.75) is 26.1 Å². The van der Waals surface area contributed by atoms with Gasteiger partial charge in [0, 0.05) is 6.07 Å². The van der Waals surface area contributed by atoms with Gasteiger partial charge in [0.05, 0.1) is 11.6 Å². The lowest BCUT2D eigenvalue weighted by atomic mass is 10.1. The van der Waals surface area contributed by atoms with Crippen LogP contribution >= 0.6 is 23.2 Å². The number of pyridine rings is 1. The Labute approximate surface area is 185 Å². The van der Waals surface area contributed by atoms with Crippen LogP contribution in [-0.4, -0.2) is 17.1 Å². The third-order valence-electron chi connectivity index (χ3n) is 5.05. The van der Waals surface area contributed by atoms with Crippen LogP contribution in [0.1, 0.15) is 25.6 Å². The van der Waals surface area contributed by atoms with Crippen LogP contribution in [0.2, 0.25) is 0 Å². The minimum atomic E-state index is -4.91. The number of halogens is 6. The normalized spacial score (nSPS) is 20.5. The largest absolute Gasteiger partial charge is 0.446 e. The molecule has 1 aromatic heterocycles. The molecule has 166 valence electrons.